The summed E-state index contributed by atoms with van der Waals surface area (Å²) in [5.74, 6) is 0. The molecule has 1 aromatic heterocycles. The third-order valence-corrected chi connectivity index (χ3v) is 2.60. The molecule has 0 N–H and O–H groups in total. The summed E-state index contributed by atoms with van der Waals surface area (Å²) in [5, 5.41) is 12.9. The van der Waals surface area contributed by atoms with Crippen molar-refractivity contribution >= 4 is 15.9 Å². The zero-order valence-corrected chi connectivity index (χ0v) is 9.69. The molecule has 0 atom stereocenters. The van der Waals surface area contributed by atoms with Crippen molar-refractivity contribution in [3.63, 3.8) is 0 Å². The number of nitriles is 1. The van der Waals surface area contributed by atoms with Crippen molar-refractivity contribution in [1.29, 1.82) is 5.26 Å². The molecular formula is C11H8BrN3. The molecule has 0 fully saturated rings. The lowest BCUT2D eigenvalue weighted by Gasteiger charge is -2.03. The quantitative estimate of drug-likeness (QED) is 0.792. The Labute approximate surface area is 96.1 Å². The van der Waals surface area contributed by atoms with Gasteiger partial charge in [0.25, 0.3) is 0 Å². The molecule has 0 amide bonds. The molecule has 2 aromatic rings. The lowest BCUT2D eigenvalue weighted by Crippen LogP contribution is -1.98. The largest absolute Gasteiger partial charge is 0.237 e. The molecule has 2 rings (SSSR count). The Morgan fingerprint density at radius 1 is 1.33 bits per heavy atom. The summed E-state index contributed by atoms with van der Waals surface area (Å²) in [6, 6.07) is 11.6. The summed E-state index contributed by atoms with van der Waals surface area (Å²) in [6.07, 6.45) is 0. The Bertz CT molecular complexity index is 520. The summed E-state index contributed by atoms with van der Waals surface area (Å²) < 4.78 is 2.78. The number of aryl methyl sites for hydroxylation is 1. The minimum atomic E-state index is 0.440. The highest BCUT2D eigenvalue weighted by molar-refractivity contribution is 9.10. The van der Waals surface area contributed by atoms with Gasteiger partial charge in [0, 0.05) is 10.2 Å². The van der Waals surface area contributed by atoms with E-state index in [4.69, 9.17) is 5.26 Å². The standard InChI is InChI=1S/C11H8BrN3/c1-8-6-10(7-13)14-15(8)11-4-2-9(12)3-5-11/h2-6H,1H3. The third kappa shape index (κ3) is 1.92. The molecule has 74 valence electrons. The van der Waals surface area contributed by atoms with Crippen LogP contribution in [-0.4, -0.2) is 9.78 Å². The second-order valence-corrected chi connectivity index (χ2v) is 4.09. The number of rotatable bonds is 1. The maximum atomic E-state index is 8.73. The van der Waals surface area contributed by atoms with Crippen molar-refractivity contribution < 1.29 is 0 Å². The molecular weight excluding hydrogens is 254 g/mol. The summed E-state index contributed by atoms with van der Waals surface area (Å²) >= 11 is 3.37. The molecule has 0 spiro atoms. The van der Waals surface area contributed by atoms with Gasteiger partial charge >= 0.3 is 0 Å². The molecule has 1 aromatic carbocycles. The maximum Gasteiger partial charge on any atom is 0.163 e. The van der Waals surface area contributed by atoms with Crippen LogP contribution in [0.1, 0.15) is 11.4 Å². The minimum Gasteiger partial charge on any atom is -0.237 e. The molecule has 0 unspecified atom stereocenters. The summed E-state index contributed by atoms with van der Waals surface area (Å²) in [5.41, 5.74) is 2.35. The first-order chi connectivity index (χ1) is 7.20. The molecule has 0 aliphatic heterocycles. The van der Waals surface area contributed by atoms with Crippen LogP contribution in [0.15, 0.2) is 34.8 Å². The average molecular weight is 262 g/mol. The number of benzene rings is 1. The van der Waals surface area contributed by atoms with Gasteiger partial charge in [0.1, 0.15) is 6.07 Å². The van der Waals surface area contributed by atoms with Gasteiger partial charge in [0.05, 0.1) is 5.69 Å². The zero-order valence-electron chi connectivity index (χ0n) is 8.11. The minimum absolute atomic E-state index is 0.440. The smallest absolute Gasteiger partial charge is 0.163 e. The molecule has 0 bridgehead atoms. The molecule has 0 aliphatic carbocycles. The van der Waals surface area contributed by atoms with Crippen LogP contribution in [0, 0.1) is 18.3 Å². The fourth-order valence-electron chi connectivity index (χ4n) is 1.37. The van der Waals surface area contributed by atoms with E-state index in [0.717, 1.165) is 15.9 Å². The van der Waals surface area contributed by atoms with Crippen LogP contribution in [0.2, 0.25) is 0 Å². The molecule has 0 aliphatic rings. The number of halogens is 1. The SMILES string of the molecule is Cc1cc(C#N)nn1-c1ccc(Br)cc1. The molecule has 4 heteroatoms. The van der Waals surface area contributed by atoms with E-state index in [1.54, 1.807) is 10.7 Å². The van der Waals surface area contributed by atoms with Crippen LogP contribution >= 0.6 is 15.9 Å². The highest BCUT2D eigenvalue weighted by Gasteiger charge is 2.04. The average Bonchev–Trinajstić information content (AvgIpc) is 2.61. The van der Waals surface area contributed by atoms with E-state index in [1.807, 2.05) is 37.3 Å². The van der Waals surface area contributed by atoms with Crippen molar-refractivity contribution in [2.45, 2.75) is 6.92 Å². The van der Waals surface area contributed by atoms with Gasteiger partial charge in [-0.1, -0.05) is 15.9 Å². The first-order valence-electron chi connectivity index (χ1n) is 4.43. The lowest BCUT2D eigenvalue weighted by molar-refractivity contribution is 0.841. The van der Waals surface area contributed by atoms with Crippen LogP contribution < -0.4 is 0 Å². The number of hydrogen-bond acceptors (Lipinski definition) is 2. The lowest BCUT2D eigenvalue weighted by atomic mass is 10.3. The topological polar surface area (TPSA) is 41.6 Å². The van der Waals surface area contributed by atoms with E-state index < -0.39 is 0 Å². The fraction of sp³-hybridized carbons (Fsp3) is 0.0909. The summed E-state index contributed by atoms with van der Waals surface area (Å²) in [7, 11) is 0. The Hall–Kier alpha value is -1.60. The second kappa shape index (κ2) is 3.87. The molecule has 3 nitrogen and oxygen atoms in total. The second-order valence-electron chi connectivity index (χ2n) is 3.17. The first kappa shape index (κ1) is 9.94. The van der Waals surface area contributed by atoms with E-state index in [-0.39, 0.29) is 0 Å². The van der Waals surface area contributed by atoms with Crippen molar-refractivity contribution in [2.75, 3.05) is 0 Å². The van der Waals surface area contributed by atoms with Crippen molar-refractivity contribution in [3.8, 4) is 11.8 Å². The molecule has 15 heavy (non-hydrogen) atoms. The molecule has 0 saturated heterocycles. The van der Waals surface area contributed by atoms with E-state index in [9.17, 15) is 0 Å². The van der Waals surface area contributed by atoms with Gasteiger partial charge in [-0.05, 0) is 37.3 Å². The Morgan fingerprint density at radius 2 is 2.00 bits per heavy atom. The highest BCUT2D eigenvalue weighted by atomic mass is 79.9. The van der Waals surface area contributed by atoms with Gasteiger partial charge in [0.15, 0.2) is 5.69 Å². The van der Waals surface area contributed by atoms with Gasteiger partial charge in [-0.15, -0.1) is 0 Å². The number of aromatic nitrogens is 2. The van der Waals surface area contributed by atoms with Crippen molar-refractivity contribution in [3.05, 3.63) is 46.2 Å². The van der Waals surface area contributed by atoms with E-state index in [0.29, 0.717) is 5.69 Å². The maximum absolute atomic E-state index is 8.73. The summed E-state index contributed by atoms with van der Waals surface area (Å²) in [4.78, 5) is 0. The van der Waals surface area contributed by atoms with Gasteiger partial charge in [0.2, 0.25) is 0 Å². The van der Waals surface area contributed by atoms with Gasteiger partial charge in [-0.25, -0.2) is 4.68 Å². The molecule has 0 radical (unpaired) electrons. The zero-order chi connectivity index (χ0) is 10.8. The normalized spacial score (nSPS) is 9.93. The van der Waals surface area contributed by atoms with E-state index >= 15 is 0 Å². The van der Waals surface area contributed by atoms with Crippen LogP contribution in [0.5, 0.6) is 0 Å². The number of nitrogens with zero attached hydrogens (tertiary/aromatic N) is 3. The predicted molar refractivity (Wildman–Crippen MR) is 60.7 cm³/mol. The highest BCUT2D eigenvalue weighted by Crippen LogP contribution is 2.15. The first-order valence-corrected chi connectivity index (χ1v) is 5.23. The van der Waals surface area contributed by atoms with E-state index in [1.165, 1.54) is 0 Å². The van der Waals surface area contributed by atoms with Gasteiger partial charge in [-0.2, -0.15) is 10.4 Å². The molecule has 0 saturated carbocycles. The Morgan fingerprint density at radius 3 is 2.53 bits per heavy atom. The Kier molecular flexibility index (Phi) is 2.57. The van der Waals surface area contributed by atoms with Crippen LogP contribution in [-0.2, 0) is 0 Å². The van der Waals surface area contributed by atoms with Crippen molar-refractivity contribution in [2.24, 2.45) is 0 Å². The fourth-order valence-corrected chi connectivity index (χ4v) is 1.64. The van der Waals surface area contributed by atoms with Crippen LogP contribution in [0.4, 0.5) is 0 Å². The van der Waals surface area contributed by atoms with Crippen molar-refractivity contribution in [1.82, 2.24) is 9.78 Å². The summed E-state index contributed by atoms with van der Waals surface area (Å²) in [6.45, 7) is 1.93. The van der Waals surface area contributed by atoms with Gasteiger partial charge in [-0.3, -0.25) is 0 Å². The monoisotopic (exact) mass is 261 g/mol. The molecule has 1 heterocycles. The predicted octanol–water partition coefficient (Wildman–Crippen LogP) is 2.81. The van der Waals surface area contributed by atoms with Crippen LogP contribution in [0.25, 0.3) is 5.69 Å². The number of hydrogen-bond donors (Lipinski definition) is 0. The van der Waals surface area contributed by atoms with Crippen LogP contribution in [0.3, 0.4) is 0 Å². The van der Waals surface area contributed by atoms with E-state index in [2.05, 4.69) is 21.0 Å². The third-order valence-electron chi connectivity index (χ3n) is 2.07. The van der Waals surface area contributed by atoms with Gasteiger partial charge < -0.3 is 0 Å². The Balaban J connectivity index is 2.50.